The first-order valence-electron chi connectivity index (χ1n) is 4.47. The third-order valence-corrected chi connectivity index (χ3v) is 4.71. The van der Waals surface area contributed by atoms with Gasteiger partial charge in [0.15, 0.2) is 9.84 Å². The fourth-order valence-corrected chi connectivity index (χ4v) is 3.82. The zero-order valence-electron chi connectivity index (χ0n) is 8.56. The van der Waals surface area contributed by atoms with Crippen LogP contribution in [0.1, 0.15) is 0 Å². The highest BCUT2D eigenvalue weighted by atomic mass is 35.5. The summed E-state index contributed by atoms with van der Waals surface area (Å²) in [5.41, 5.74) is 10.2. The second kappa shape index (κ2) is 5.22. The van der Waals surface area contributed by atoms with Crippen molar-refractivity contribution in [2.75, 3.05) is 5.75 Å². The first-order valence-corrected chi connectivity index (χ1v) is 6.88. The highest BCUT2D eigenvalue weighted by molar-refractivity contribution is 7.91. The molecule has 0 saturated heterocycles. The van der Waals surface area contributed by atoms with Gasteiger partial charge in [-0.2, -0.15) is 0 Å². The molecule has 5 nitrogen and oxygen atoms in total. The maximum atomic E-state index is 11.9. The van der Waals surface area contributed by atoms with Crippen molar-refractivity contribution in [1.29, 1.82) is 0 Å². The third-order valence-electron chi connectivity index (χ3n) is 1.99. The van der Waals surface area contributed by atoms with Gasteiger partial charge in [-0.3, -0.25) is 4.79 Å². The first-order chi connectivity index (χ1) is 7.75. The SMILES string of the molecule is NC(=O)C(N)CS(=O)(=O)c1c(Cl)cccc1Cl. The van der Waals surface area contributed by atoms with Gasteiger partial charge in [0, 0.05) is 0 Å². The number of hydrogen-bond donors (Lipinski definition) is 2. The van der Waals surface area contributed by atoms with Gasteiger partial charge >= 0.3 is 0 Å². The third kappa shape index (κ3) is 3.32. The van der Waals surface area contributed by atoms with Crippen LogP contribution < -0.4 is 11.5 Å². The summed E-state index contributed by atoms with van der Waals surface area (Å²) in [7, 11) is -3.86. The minimum Gasteiger partial charge on any atom is -0.368 e. The summed E-state index contributed by atoms with van der Waals surface area (Å²) in [6, 6.07) is 2.98. The number of hydrogen-bond acceptors (Lipinski definition) is 4. The van der Waals surface area contributed by atoms with Crippen LogP contribution in [-0.2, 0) is 14.6 Å². The largest absolute Gasteiger partial charge is 0.368 e. The Morgan fingerprint density at radius 1 is 1.29 bits per heavy atom. The lowest BCUT2D eigenvalue weighted by Gasteiger charge is -2.11. The Morgan fingerprint density at radius 2 is 1.76 bits per heavy atom. The summed E-state index contributed by atoms with van der Waals surface area (Å²) in [5, 5.41) is -0.0386. The van der Waals surface area contributed by atoms with Crippen LogP contribution in [0.15, 0.2) is 23.1 Å². The molecule has 0 saturated carbocycles. The van der Waals surface area contributed by atoms with Gasteiger partial charge in [0.1, 0.15) is 4.90 Å². The molecule has 0 aliphatic rings. The number of rotatable bonds is 4. The van der Waals surface area contributed by atoms with Crippen LogP contribution in [0.2, 0.25) is 10.0 Å². The molecule has 17 heavy (non-hydrogen) atoms. The average molecular weight is 297 g/mol. The second-order valence-corrected chi connectivity index (χ2v) is 6.13. The zero-order chi connectivity index (χ0) is 13.2. The molecule has 0 aliphatic heterocycles. The number of benzene rings is 1. The standard InChI is InChI=1S/C9H10Cl2N2O3S/c10-5-2-1-3-6(11)8(5)17(15,16)4-7(12)9(13)14/h1-3,7H,4,12H2,(H2,13,14). The maximum absolute atomic E-state index is 11.9. The molecule has 1 aromatic rings. The lowest BCUT2D eigenvalue weighted by molar-refractivity contribution is -0.118. The molecule has 1 rings (SSSR count). The Morgan fingerprint density at radius 3 is 2.18 bits per heavy atom. The Labute approximate surface area is 109 Å². The molecule has 0 aliphatic carbocycles. The number of amides is 1. The molecule has 4 N–H and O–H groups in total. The van der Waals surface area contributed by atoms with Crippen LogP contribution in [0.4, 0.5) is 0 Å². The molecule has 1 atom stereocenters. The van der Waals surface area contributed by atoms with Crippen LogP contribution in [0, 0.1) is 0 Å². The number of sulfone groups is 1. The van der Waals surface area contributed by atoms with Gasteiger partial charge in [-0.15, -0.1) is 0 Å². The van der Waals surface area contributed by atoms with E-state index in [-0.39, 0.29) is 14.9 Å². The van der Waals surface area contributed by atoms with Gasteiger partial charge in [-0.05, 0) is 12.1 Å². The number of halogens is 2. The van der Waals surface area contributed by atoms with Gasteiger partial charge in [-0.25, -0.2) is 8.42 Å². The lowest BCUT2D eigenvalue weighted by atomic mass is 10.3. The quantitative estimate of drug-likeness (QED) is 0.848. The van der Waals surface area contributed by atoms with E-state index in [0.29, 0.717) is 0 Å². The van der Waals surface area contributed by atoms with Gasteiger partial charge < -0.3 is 11.5 Å². The van der Waals surface area contributed by atoms with Gasteiger partial charge in [0.25, 0.3) is 0 Å². The van der Waals surface area contributed by atoms with Gasteiger partial charge in [-0.1, -0.05) is 29.3 Å². The molecule has 1 unspecified atom stereocenters. The normalized spacial score (nSPS) is 13.4. The fraction of sp³-hybridized carbons (Fsp3) is 0.222. The van der Waals surface area contributed by atoms with Crippen LogP contribution in [-0.4, -0.2) is 26.1 Å². The van der Waals surface area contributed by atoms with E-state index in [1.165, 1.54) is 18.2 Å². The van der Waals surface area contributed by atoms with Crippen molar-refractivity contribution in [3.8, 4) is 0 Å². The van der Waals surface area contributed by atoms with E-state index in [2.05, 4.69) is 0 Å². The topological polar surface area (TPSA) is 103 Å². The van der Waals surface area contributed by atoms with E-state index in [0.717, 1.165) is 0 Å². The zero-order valence-corrected chi connectivity index (χ0v) is 10.9. The number of nitrogens with two attached hydrogens (primary N) is 2. The lowest BCUT2D eigenvalue weighted by Crippen LogP contribution is -2.42. The minimum absolute atomic E-state index is 0.0193. The van der Waals surface area contributed by atoms with Crippen molar-refractivity contribution in [3.63, 3.8) is 0 Å². The number of carbonyl (C=O) groups excluding carboxylic acids is 1. The van der Waals surface area contributed by atoms with Crippen LogP contribution in [0.5, 0.6) is 0 Å². The monoisotopic (exact) mass is 296 g/mol. The summed E-state index contributed by atoms with van der Waals surface area (Å²) in [6.07, 6.45) is 0. The van der Waals surface area contributed by atoms with Crippen LogP contribution >= 0.6 is 23.2 Å². The Kier molecular flexibility index (Phi) is 4.37. The molecule has 0 spiro atoms. The second-order valence-electron chi connectivity index (χ2n) is 3.34. The van der Waals surface area contributed by atoms with Crippen molar-refractivity contribution >= 4 is 38.9 Å². The molecule has 1 amide bonds. The van der Waals surface area contributed by atoms with Crippen molar-refractivity contribution in [2.45, 2.75) is 10.9 Å². The van der Waals surface area contributed by atoms with E-state index < -0.39 is 27.5 Å². The smallest absolute Gasteiger partial charge is 0.235 e. The molecular weight excluding hydrogens is 287 g/mol. The van der Waals surface area contributed by atoms with Crippen molar-refractivity contribution in [3.05, 3.63) is 28.2 Å². The predicted octanol–water partition coefficient (Wildman–Crippen LogP) is 0.580. The molecule has 0 radical (unpaired) electrons. The van der Waals surface area contributed by atoms with Crippen molar-refractivity contribution < 1.29 is 13.2 Å². The molecule has 0 fully saturated rings. The fourth-order valence-electron chi connectivity index (χ4n) is 1.18. The Bertz CT molecular complexity index is 525. The average Bonchev–Trinajstić information content (AvgIpc) is 2.15. The van der Waals surface area contributed by atoms with Gasteiger partial charge in [0.05, 0.1) is 21.8 Å². The summed E-state index contributed by atoms with van der Waals surface area (Å²) >= 11 is 11.5. The van der Waals surface area contributed by atoms with E-state index in [1.54, 1.807) is 0 Å². The summed E-state index contributed by atoms with van der Waals surface area (Å²) < 4.78 is 23.9. The molecular formula is C9H10Cl2N2O3S. The summed E-state index contributed by atoms with van der Waals surface area (Å²) in [4.78, 5) is 10.5. The number of primary amides is 1. The Hall–Kier alpha value is -0.820. The molecule has 0 heterocycles. The van der Waals surface area contributed by atoms with Crippen LogP contribution in [0.3, 0.4) is 0 Å². The van der Waals surface area contributed by atoms with Crippen molar-refractivity contribution in [2.24, 2.45) is 11.5 Å². The molecule has 8 heteroatoms. The Balaban J connectivity index is 3.19. The minimum atomic E-state index is -3.86. The van der Waals surface area contributed by atoms with Crippen LogP contribution in [0.25, 0.3) is 0 Å². The summed E-state index contributed by atoms with van der Waals surface area (Å²) in [6.45, 7) is 0. The summed E-state index contributed by atoms with van der Waals surface area (Å²) in [5.74, 6) is -1.54. The molecule has 1 aromatic carbocycles. The predicted molar refractivity (Wildman–Crippen MR) is 65.7 cm³/mol. The molecule has 0 aromatic heterocycles. The maximum Gasteiger partial charge on any atom is 0.235 e. The molecule has 0 bridgehead atoms. The van der Waals surface area contributed by atoms with E-state index in [1.807, 2.05) is 0 Å². The highest BCUT2D eigenvalue weighted by Gasteiger charge is 2.26. The van der Waals surface area contributed by atoms with E-state index in [9.17, 15) is 13.2 Å². The molecule has 94 valence electrons. The van der Waals surface area contributed by atoms with E-state index >= 15 is 0 Å². The highest BCUT2D eigenvalue weighted by Crippen LogP contribution is 2.29. The van der Waals surface area contributed by atoms with Gasteiger partial charge in [0.2, 0.25) is 5.91 Å². The number of carbonyl (C=O) groups is 1. The first kappa shape index (κ1) is 14.2. The van der Waals surface area contributed by atoms with E-state index in [4.69, 9.17) is 34.7 Å². The van der Waals surface area contributed by atoms with Crippen molar-refractivity contribution in [1.82, 2.24) is 0 Å².